The predicted molar refractivity (Wildman–Crippen MR) is 96.1 cm³/mol. The lowest BCUT2D eigenvalue weighted by molar-refractivity contribution is 0.163. The second kappa shape index (κ2) is 12.4. The summed E-state index contributed by atoms with van der Waals surface area (Å²) in [5.74, 6) is 0.927. The molecule has 0 aromatic heterocycles. The van der Waals surface area contributed by atoms with Crippen LogP contribution >= 0.6 is 24.0 Å². The number of halogens is 1. The van der Waals surface area contributed by atoms with Gasteiger partial charge in [-0.15, -0.1) is 24.0 Å². The molecular weight excluding hydrogens is 367 g/mol. The van der Waals surface area contributed by atoms with E-state index in [0.29, 0.717) is 6.04 Å². The van der Waals surface area contributed by atoms with Crippen molar-refractivity contribution >= 4 is 29.9 Å². The van der Waals surface area contributed by atoms with Gasteiger partial charge in [0.2, 0.25) is 0 Å². The first-order chi connectivity index (χ1) is 9.26. The van der Waals surface area contributed by atoms with Gasteiger partial charge in [0.25, 0.3) is 0 Å². The number of hydrogen-bond acceptors (Lipinski definition) is 3. The van der Waals surface area contributed by atoms with Gasteiger partial charge in [-0.05, 0) is 26.8 Å². The van der Waals surface area contributed by atoms with Crippen molar-refractivity contribution in [1.29, 1.82) is 0 Å². The fourth-order valence-corrected chi connectivity index (χ4v) is 1.94. The number of rotatable bonds is 8. The second-order valence-corrected chi connectivity index (χ2v) is 4.84. The molecule has 1 aliphatic carbocycles. The Morgan fingerprint density at radius 3 is 2.65 bits per heavy atom. The first-order valence-electron chi connectivity index (χ1n) is 7.13. The van der Waals surface area contributed by atoms with Gasteiger partial charge in [-0.1, -0.05) is 12.2 Å². The molecule has 1 rings (SSSR count). The van der Waals surface area contributed by atoms with Crippen molar-refractivity contribution in [3.63, 3.8) is 0 Å². The fourth-order valence-electron chi connectivity index (χ4n) is 1.94. The van der Waals surface area contributed by atoms with Crippen LogP contribution in [0.3, 0.4) is 0 Å². The van der Waals surface area contributed by atoms with Crippen molar-refractivity contribution in [2.45, 2.75) is 25.8 Å². The number of aliphatic imine (C=N–C) groups is 1. The molecule has 2 N–H and O–H groups in total. The summed E-state index contributed by atoms with van der Waals surface area (Å²) in [4.78, 5) is 6.84. The Morgan fingerprint density at radius 2 is 2.05 bits per heavy atom. The predicted octanol–water partition coefficient (Wildman–Crippen LogP) is 1.46. The molecule has 20 heavy (non-hydrogen) atoms. The normalized spacial score (nSPS) is 15.5. The monoisotopic (exact) mass is 396 g/mol. The molecule has 0 saturated carbocycles. The first kappa shape index (κ1) is 19.7. The molecule has 5 nitrogen and oxygen atoms in total. The van der Waals surface area contributed by atoms with E-state index >= 15 is 0 Å². The van der Waals surface area contributed by atoms with Gasteiger partial charge in [-0.3, -0.25) is 4.99 Å². The number of hydrogen-bond donors (Lipinski definition) is 2. The van der Waals surface area contributed by atoms with Crippen LogP contribution in [-0.4, -0.2) is 63.8 Å². The zero-order chi connectivity index (χ0) is 13.9. The maximum atomic E-state index is 5.06. The number of guanidine groups is 1. The van der Waals surface area contributed by atoms with Crippen LogP contribution in [0.15, 0.2) is 17.1 Å². The Kier molecular flexibility index (Phi) is 12.2. The van der Waals surface area contributed by atoms with E-state index in [1.807, 2.05) is 0 Å². The van der Waals surface area contributed by atoms with E-state index in [9.17, 15) is 0 Å². The van der Waals surface area contributed by atoms with Crippen LogP contribution < -0.4 is 10.6 Å². The van der Waals surface area contributed by atoms with Gasteiger partial charge in [0.05, 0.1) is 13.2 Å². The summed E-state index contributed by atoms with van der Waals surface area (Å²) >= 11 is 0. The highest BCUT2D eigenvalue weighted by molar-refractivity contribution is 14.0. The summed E-state index contributed by atoms with van der Waals surface area (Å²) < 4.78 is 5.06. The molecule has 0 spiro atoms. The Morgan fingerprint density at radius 1 is 1.35 bits per heavy atom. The minimum absolute atomic E-state index is 0. The zero-order valence-electron chi connectivity index (χ0n) is 12.9. The minimum atomic E-state index is 0. The molecule has 0 atom stereocenters. The van der Waals surface area contributed by atoms with Crippen molar-refractivity contribution in [2.75, 3.05) is 46.9 Å². The third-order valence-corrected chi connectivity index (χ3v) is 3.12. The molecule has 0 radical (unpaired) electrons. The summed E-state index contributed by atoms with van der Waals surface area (Å²) in [5.41, 5.74) is 0. The van der Waals surface area contributed by atoms with E-state index in [1.165, 1.54) is 0 Å². The molecule has 0 bridgehead atoms. The summed E-state index contributed by atoms with van der Waals surface area (Å²) in [6.07, 6.45) is 6.63. The number of nitrogens with one attached hydrogen (secondary N) is 2. The summed E-state index contributed by atoms with van der Waals surface area (Å²) in [5, 5.41) is 6.76. The number of nitrogens with zero attached hydrogens (tertiary/aromatic N) is 2. The molecule has 0 amide bonds. The lowest BCUT2D eigenvalue weighted by Gasteiger charge is -2.18. The maximum Gasteiger partial charge on any atom is 0.191 e. The minimum Gasteiger partial charge on any atom is -0.383 e. The molecule has 0 aromatic rings. The molecule has 0 fully saturated rings. The molecule has 6 heteroatoms. The Bertz CT molecular complexity index is 289. The van der Waals surface area contributed by atoms with Crippen molar-refractivity contribution in [3.05, 3.63) is 12.2 Å². The number of likely N-dealkylation sites (N-methyl/N-ethyl adjacent to an activating group) is 1. The van der Waals surface area contributed by atoms with E-state index in [1.54, 1.807) is 7.11 Å². The van der Waals surface area contributed by atoms with Crippen LogP contribution in [0.25, 0.3) is 0 Å². The third kappa shape index (κ3) is 8.76. The van der Waals surface area contributed by atoms with Crippen LogP contribution in [0.4, 0.5) is 0 Å². The second-order valence-electron chi connectivity index (χ2n) is 4.84. The number of methoxy groups -OCH3 is 1. The first-order valence-corrected chi connectivity index (χ1v) is 7.13. The van der Waals surface area contributed by atoms with Gasteiger partial charge in [-0.2, -0.15) is 0 Å². The van der Waals surface area contributed by atoms with Crippen molar-refractivity contribution in [2.24, 2.45) is 4.99 Å². The molecule has 0 saturated heterocycles. The van der Waals surface area contributed by atoms with Crippen molar-refractivity contribution in [1.82, 2.24) is 15.5 Å². The van der Waals surface area contributed by atoms with Gasteiger partial charge in [0.1, 0.15) is 0 Å². The van der Waals surface area contributed by atoms with Gasteiger partial charge >= 0.3 is 0 Å². The molecule has 0 heterocycles. The van der Waals surface area contributed by atoms with Crippen LogP contribution in [0, 0.1) is 0 Å². The van der Waals surface area contributed by atoms with E-state index in [2.05, 4.69) is 46.6 Å². The summed E-state index contributed by atoms with van der Waals surface area (Å²) in [6.45, 7) is 6.45. The topological polar surface area (TPSA) is 48.9 Å². The van der Waals surface area contributed by atoms with Gasteiger partial charge in [0, 0.05) is 32.8 Å². The zero-order valence-corrected chi connectivity index (χ0v) is 15.2. The lowest BCUT2D eigenvalue weighted by atomic mass is 10.2. The van der Waals surface area contributed by atoms with Gasteiger partial charge in [0.15, 0.2) is 5.96 Å². The van der Waals surface area contributed by atoms with Crippen LogP contribution in [-0.2, 0) is 4.74 Å². The average Bonchev–Trinajstić information content (AvgIpc) is 2.89. The molecule has 0 aliphatic heterocycles. The van der Waals surface area contributed by atoms with Crippen LogP contribution in [0.1, 0.15) is 19.8 Å². The standard InChI is InChI=1S/C14H28N4O.HI/c1-4-15-14(17-13-7-5-6-8-13)16-9-10-18(2)11-12-19-3;/h5-6,13H,4,7-12H2,1-3H3,(H2,15,16,17);1H. The van der Waals surface area contributed by atoms with Crippen molar-refractivity contribution < 1.29 is 4.74 Å². The largest absolute Gasteiger partial charge is 0.383 e. The Balaban J connectivity index is 0.00000361. The highest BCUT2D eigenvalue weighted by Crippen LogP contribution is 2.08. The highest BCUT2D eigenvalue weighted by Gasteiger charge is 2.11. The quantitative estimate of drug-likeness (QED) is 0.282. The van der Waals surface area contributed by atoms with E-state index in [-0.39, 0.29) is 24.0 Å². The molecule has 1 aliphatic rings. The Hall–Kier alpha value is -0.340. The molecule has 0 aromatic carbocycles. The SMILES string of the molecule is CCNC(=NCCN(C)CCOC)NC1CC=CC1.I. The molecule has 0 unspecified atom stereocenters. The highest BCUT2D eigenvalue weighted by atomic mass is 127. The average molecular weight is 396 g/mol. The Labute approximate surface area is 140 Å². The number of ether oxygens (including phenoxy) is 1. The van der Waals surface area contributed by atoms with E-state index in [0.717, 1.165) is 51.6 Å². The molecular formula is C14H29IN4O. The van der Waals surface area contributed by atoms with Gasteiger partial charge < -0.3 is 20.3 Å². The van der Waals surface area contributed by atoms with Crippen LogP contribution in [0.2, 0.25) is 0 Å². The van der Waals surface area contributed by atoms with E-state index in [4.69, 9.17) is 4.74 Å². The smallest absolute Gasteiger partial charge is 0.191 e. The van der Waals surface area contributed by atoms with Crippen molar-refractivity contribution in [3.8, 4) is 0 Å². The summed E-state index contributed by atoms with van der Waals surface area (Å²) in [6, 6.07) is 0.504. The lowest BCUT2D eigenvalue weighted by Crippen LogP contribution is -2.42. The maximum absolute atomic E-state index is 5.06. The molecule has 118 valence electrons. The van der Waals surface area contributed by atoms with E-state index < -0.39 is 0 Å². The summed E-state index contributed by atoms with van der Waals surface area (Å²) in [7, 11) is 3.82. The third-order valence-electron chi connectivity index (χ3n) is 3.12. The van der Waals surface area contributed by atoms with Crippen LogP contribution in [0.5, 0.6) is 0 Å². The fraction of sp³-hybridized carbons (Fsp3) is 0.786. The van der Waals surface area contributed by atoms with Gasteiger partial charge in [-0.25, -0.2) is 0 Å².